The molecule has 1 atom stereocenters. The van der Waals surface area contributed by atoms with Crippen molar-refractivity contribution >= 4 is 36.2 Å². The molecule has 2 rings (SSSR count). The van der Waals surface area contributed by atoms with Crippen LogP contribution in [0.15, 0.2) is 12.1 Å². The first-order valence-electron chi connectivity index (χ1n) is 6.38. The lowest BCUT2D eigenvalue weighted by molar-refractivity contribution is -0.137. The van der Waals surface area contributed by atoms with Gasteiger partial charge in [-0.05, 0) is 25.0 Å². The Kier molecular flexibility index (Phi) is 8.14. The van der Waals surface area contributed by atoms with Crippen molar-refractivity contribution in [2.24, 2.45) is 0 Å². The monoisotopic (exact) mass is 362 g/mol. The Morgan fingerprint density at radius 3 is 2.23 bits per heavy atom. The summed E-state index contributed by atoms with van der Waals surface area (Å²) in [6.45, 7) is 1.06. The van der Waals surface area contributed by atoms with Gasteiger partial charge in [-0.2, -0.15) is 13.2 Å². The van der Waals surface area contributed by atoms with Crippen molar-refractivity contribution in [3.05, 3.63) is 17.7 Å². The smallest absolute Gasteiger partial charge is 0.416 e. The summed E-state index contributed by atoms with van der Waals surface area (Å²) in [7, 11) is 0. The molecule has 1 aromatic carbocycles. The van der Waals surface area contributed by atoms with E-state index in [0.717, 1.165) is 31.6 Å². The zero-order chi connectivity index (χ0) is 14.8. The van der Waals surface area contributed by atoms with Gasteiger partial charge in [0.2, 0.25) is 0 Å². The fourth-order valence-electron chi connectivity index (χ4n) is 2.17. The first kappa shape index (κ1) is 20.9. The van der Waals surface area contributed by atoms with E-state index in [1.165, 1.54) is 0 Å². The lowest BCUT2D eigenvalue weighted by Crippen LogP contribution is -2.13. The molecule has 0 aliphatic carbocycles. The first-order chi connectivity index (χ1) is 9.38. The Bertz CT molecular complexity index is 458. The van der Waals surface area contributed by atoms with Crippen LogP contribution in [0, 0.1) is 0 Å². The van der Waals surface area contributed by atoms with Crippen LogP contribution in [0.25, 0.3) is 0 Å². The fraction of sp³-hybridized carbons (Fsp3) is 0.538. The van der Waals surface area contributed by atoms with Gasteiger partial charge in [0.25, 0.3) is 0 Å². The molecule has 0 spiro atoms. The van der Waals surface area contributed by atoms with Gasteiger partial charge in [-0.25, -0.2) is 0 Å². The standard InChI is InChI=1S/C13H17F3N2O2.2ClH/c14-13(15,16)8-6-10(17)12(11(18)7-8)20-5-3-9-2-1-4-19-9;;/h6-7,9H,1-5,17-18H2;2*1H. The van der Waals surface area contributed by atoms with Crippen molar-refractivity contribution < 1.29 is 22.6 Å². The Hall–Kier alpha value is -1.05. The minimum atomic E-state index is -4.47. The third kappa shape index (κ3) is 5.30. The molecule has 0 amide bonds. The molecule has 4 nitrogen and oxygen atoms in total. The highest BCUT2D eigenvalue weighted by Crippen LogP contribution is 2.38. The second-order valence-electron chi connectivity index (χ2n) is 4.75. The maximum atomic E-state index is 12.6. The van der Waals surface area contributed by atoms with Gasteiger partial charge < -0.3 is 20.9 Å². The van der Waals surface area contributed by atoms with Gasteiger partial charge in [-0.15, -0.1) is 24.8 Å². The highest BCUT2D eigenvalue weighted by atomic mass is 35.5. The lowest BCUT2D eigenvalue weighted by atomic mass is 10.1. The molecule has 1 heterocycles. The first-order valence-corrected chi connectivity index (χ1v) is 6.38. The largest absolute Gasteiger partial charge is 0.489 e. The molecule has 1 aliphatic heterocycles. The Balaban J connectivity index is 0.00000220. The van der Waals surface area contributed by atoms with E-state index in [2.05, 4.69) is 0 Å². The van der Waals surface area contributed by atoms with E-state index in [0.29, 0.717) is 13.0 Å². The predicted octanol–water partition coefficient (Wildman–Crippen LogP) is 3.66. The van der Waals surface area contributed by atoms with Crippen LogP contribution >= 0.6 is 24.8 Å². The van der Waals surface area contributed by atoms with Gasteiger partial charge in [0, 0.05) is 13.0 Å². The van der Waals surface area contributed by atoms with Crippen LogP contribution < -0.4 is 16.2 Å². The second-order valence-corrected chi connectivity index (χ2v) is 4.75. The molecule has 9 heteroatoms. The molecule has 0 bridgehead atoms. The van der Waals surface area contributed by atoms with Gasteiger partial charge in [-0.3, -0.25) is 0 Å². The highest BCUT2D eigenvalue weighted by molar-refractivity contribution is 5.85. The number of hydrogen-bond donors (Lipinski definition) is 2. The van der Waals surface area contributed by atoms with Crippen LogP contribution in [0.5, 0.6) is 5.75 Å². The summed E-state index contributed by atoms with van der Waals surface area (Å²) in [5, 5.41) is 0. The zero-order valence-corrected chi connectivity index (χ0v) is 13.3. The SMILES string of the molecule is Cl.Cl.Nc1cc(C(F)(F)F)cc(N)c1OCCC1CCCO1. The van der Waals surface area contributed by atoms with Gasteiger partial charge in [-0.1, -0.05) is 0 Å². The summed E-state index contributed by atoms with van der Waals surface area (Å²) in [4.78, 5) is 0. The summed E-state index contributed by atoms with van der Waals surface area (Å²) in [5.74, 6) is 0.107. The van der Waals surface area contributed by atoms with Crippen LogP contribution in [-0.2, 0) is 10.9 Å². The zero-order valence-electron chi connectivity index (χ0n) is 11.7. The number of nitrogens with two attached hydrogens (primary N) is 2. The van der Waals surface area contributed by atoms with E-state index < -0.39 is 11.7 Å². The molecule has 0 aromatic heterocycles. The van der Waals surface area contributed by atoms with Crippen LogP contribution in [0.3, 0.4) is 0 Å². The molecule has 0 radical (unpaired) electrons. The quantitative estimate of drug-likeness (QED) is 0.801. The van der Waals surface area contributed by atoms with Gasteiger partial charge in [0.1, 0.15) is 0 Å². The van der Waals surface area contributed by atoms with Gasteiger partial charge >= 0.3 is 6.18 Å². The number of rotatable bonds is 4. The maximum absolute atomic E-state index is 12.6. The topological polar surface area (TPSA) is 70.5 Å². The van der Waals surface area contributed by atoms with E-state index in [1.807, 2.05) is 0 Å². The van der Waals surface area contributed by atoms with Crippen LogP contribution in [0.1, 0.15) is 24.8 Å². The molecule has 128 valence electrons. The number of ether oxygens (including phenoxy) is 2. The number of halogens is 5. The van der Waals surface area contributed by atoms with E-state index in [-0.39, 0.29) is 48.0 Å². The minimum Gasteiger partial charge on any atom is -0.489 e. The van der Waals surface area contributed by atoms with Crippen LogP contribution in [0.2, 0.25) is 0 Å². The fourth-order valence-corrected chi connectivity index (χ4v) is 2.17. The highest BCUT2D eigenvalue weighted by Gasteiger charge is 2.32. The third-order valence-corrected chi connectivity index (χ3v) is 3.18. The van der Waals surface area contributed by atoms with Crippen LogP contribution in [0.4, 0.5) is 24.5 Å². The molecule has 22 heavy (non-hydrogen) atoms. The number of nitrogen functional groups attached to an aromatic ring is 2. The molecule has 0 saturated carbocycles. The van der Waals surface area contributed by atoms with Crippen molar-refractivity contribution in [1.29, 1.82) is 0 Å². The number of anilines is 2. The van der Waals surface area contributed by atoms with E-state index >= 15 is 0 Å². The summed E-state index contributed by atoms with van der Waals surface area (Å²) in [6.07, 6.45) is -1.67. The molecule has 1 unspecified atom stereocenters. The molecule has 1 aromatic rings. The summed E-state index contributed by atoms with van der Waals surface area (Å²) < 4.78 is 48.5. The van der Waals surface area contributed by atoms with Gasteiger partial charge in [0.15, 0.2) is 5.75 Å². The third-order valence-electron chi connectivity index (χ3n) is 3.18. The van der Waals surface area contributed by atoms with E-state index in [4.69, 9.17) is 20.9 Å². The predicted molar refractivity (Wildman–Crippen MR) is 83.9 cm³/mol. The molecule has 4 N–H and O–H groups in total. The average Bonchev–Trinajstić information content (AvgIpc) is 2.84. The Morgan fingerprint density at radius 1 is 1.18 bits per heavy atom. The minimum absolute atomic E-state index is 0. The summed E-state index contributed by atoms with van der Waals surface area (Å²) in [5.41, 5.74) is 10.1. The summed E-state index contributed by atoms with van der Waals surface area (Å²) >= 11 is 0. The van der Waals surface area contributed by atoms with Crippen molar-refractivity contribution in [1.82, 2.24) is 0 Å². The van der Waals surface area contributed by atoms with Crippen LogP contribution in [-0.4, -0.2) is 19.3 Å². The molecule has 1 saturated heterocycles. The normalized spacial score (nSPS) is 17.5. The molecule has 1 aliphatic rings. The van der Waals surface area contributed by atoms with Crippen molar-refractivity contribution in [3.63, 3.8) is 0 Å². The number of alkyl halides is 3. The number of benzene rings is 1. The molecular weight excluding hydrogens is 344 g/mol. The van der Waals surface area contributed by atoms with Crippen molar-refractivity contribution in [2.45, 2.75) is 31.5 Å². The average molecular weight is 363 g/mol. The van der Waals surface area contributed by atoms with E-state index in [1.54, 1.807) is 0 Å². The molecule has 1 fully saturated rings. The van der Waals surface area contributed by atoms with Gasteiger partial charge in [0.05, 0.1) is 29.6 Å². The number of hydrogen-bond acceptors (Lipinski definition) is 4. The summed E-state index contributed by atoms with van der Waals surface area (Å²) in [6, 6.07) is 1.66. The Morgan fingerprint density at radius 2 is 1.77 bits per heavy atom. The lowest BCUT2D eigenvalue weighted by Gasteiger charge is -2.16. The van der Waals surface area contributed by atoms with Crippen molar-refractivity contribution in [2.75, 3.05) is 24.7 Å². The maximum Gasteiger partial charge on any atom is 0.416 e. The molecular formula is C13H19Cl2F3N2O2. The second kappa shape index (κ2) is 8.55. The van der Waals surface area contributed by atoms with E-state index in [9.17, 15) is 13.2 Å². The Labute approximate surface area is 139 Å². The van der Waals surface area contributed by atoms with Crippen molar-refractivity contribution in [3.8, 4) is 5.75 Å².